The molecule has 2 N–H and O–H groups in total. The van der Waals surface area contributed by atoms with Crippen LogP contribution in [0.2, 0.25) is 0 Å². The molecule has 0 unspecified atom stereocenters. The average molecular weight is 443 g/mol. The number of carbonyl (C=O) groups excluding carboxylic acids is 2. The fourth-order valence-electron chi connectivity index (χ4n) is 3.48. The second-order valence-electron chi connectivity index (χ2n) is 8.19. The van der Waals surface area contributed by atoms with E-state index in [4.69, 9.17) is 4.74 Å². The number of aromatic nitrogens is 5. The lowest BCUT2D eigenvalue weighted by Gasteiger charge is -2.11. The van der Waals surface area contributed by atoms with Gasteiger partial charge in [0.1, 0.15) is 19.3 Å². The van der Waals surface area contributed by atoms with E-state index in [1.807, 2.05) is 20.8 Å². The molecule has 0 atom stereocenters. The summed E-state index contributed by atoms with van der Waals surface area (Å²) in [7, 11) is 3.64. The van der Waals surface area contributed by atoms with Gasteiger partial charge in [0, 0.05) is 30.8 Å². The summed E-state index contributed by atoms with van der Waals surface area (Å²) in [4.78, 5) is 29.0. The van der Waals surface area contributed by atoms with Gasteiger partial charge in [0.2, 0.25) is 11.8 Å². The molecule has 4 aromatic rings. The van der Waals surface area contributed by atoms with E-state index in [9.17, 15) is 9.59 Å². The number of benzene rings is 1. The van der Waals surface area contributed by atoms with E-state index in [0.29, 0.717) is 34.5 Å². The van der Waals surface area contributed by atoms with Gasteiger partial charge in [0.15, 0.2) is 11.5 Å². The highest BCUT2D eigenvalue weighted by atomic mass is 16.5. The van der Waals surface area contributed by atoms with Crippen LogP contribution in [0.4, 0.5) is 11.5 Å². The molecule has 1 fully saturated rings. The Morgan fingerprint density at radius 3 is 2.67 bits per heavy atom. The Morgan fingerprint density at radius 1 is 1.12 bits per heavy atom. The normalized spacial score (nSPS) is 13.2. The Bertz CT molecular complexity index is 1390. The van der Waals surface area contributed by atoms with E-state index in [0.717, 1.165) is 24.0 Å². The maximum absolute atomic E-state index is 12.7. The second-order valence-corrected chi connectivity index (χ2v) is 8.19. The van der Waals surface area contributed by atoms with Crippen molar-refractivity contribution >= 4 is 42.3 Å². The van der Waals surface area contributed by atoms with Crippen LogP contribution in [0.5, 0.6) is 11.6 Å². The van der Waals surface area contributed by atoms with E-state index >= 15 is 0 Å². The number of aryl methyl sites for hydroxylation is 2. The molecule has 33 heavy (non-hydrogen) atoms. The van der Waals surface area contributed by atoms with Crippen molar-refractivity contribution in [2.75, 3.05) is 10.6 Å². The Morgan fingerprint density at radius 2 is 1.94 bits per heavy atom. The van der Waals surface area contributed by atoms with E-state index in [2.05, 4.69) is 25.8 Å². The summed E-state index contributed by atoms with van der Waals surface area (Å²) in [5.74, 6) is 1.17. The van der Waals surface area contributed by atoms with Gasteiger partial charge in [-0.25, -0.2) is 9.50 Å². The minimum atomic E-state index is -0.253. The van der Waals surface area contributed by atoms with Gasteiger partial charge in [0.05, 0.1) is 11.9 Å². The number of nitrogens with one attached hydrogen (secondary N) is 2. The maximum atomic E-state index is 12.7. The average Bonchev–Trinajstić information content (AvgIpc) is 3.46. The molecule has 0 spiro atoms. The first kappa shape index (κ1) is 20.7. The second kappa shape index (κ2) is 8.08. The van der Waals surface area contributed by atoms with Gasteiger partial charge in [-0.3, -0.25) is 14.3 Å². The molecule has 166 valence electrons. The minimum Gasteiger partial charge on any atom is -0.438 e. The molecule has 0 bridgehead atoms. The van der Waals surface area contributed by atoms with Crippen molar-refractivity contribution in [3.8, 4) is 11.6 Å². The smallest absolute Gasteiger partial charge is 0.273 e. The van der Waals surface area contributed by atoms with Crippen LogP contribution in [0.25, 0.3) is 5.65 Å². The quantitative estimate of drug-likeness (QED) is 0.436. The molecule has 3 heterocycles. The summed E-state index contributed by atoms with van der Waals surface area (Å²) in [6.07, 6.45) is 3.51. The number of imidazole rings is 1. The van der Waals surface area contributed by atoms with Gasteiger partial charge in [0.25, 0.3) is 5.91 Å². The summed E-state index contributed by atoms with van der Waals surface area (Å²) in [5, 5.41) is 14.4. The third kappa shape index (κ3) is 4.43. The first-order chi connectivity index (χ1) is 15.9. The van der Waals surface area contributed by atoms with E-state index in [1.54, 1.807) is 52.8 Å². The molecule has 1 aliphatic rings. The number of nitrogens with zero attached hydrogens (tertiary/aromatic N) is 5. The van der Waals surface area contributed by atoms with Crippen LogP contribution < -0.4 is 20.8 Å². The van der Waals surface area contributed by atoms with Crippen molar-refractivity contribution < 1.29 is 14.3 Å². The first-order valence-corrected chi connectivity index (χ1v) is 10.6. The highest BCUT2D eigenvalue weighted by Crippen LogP contribution is 2.30. The molecule has 10 nitrogen and oxygen atoms in total. The number of hydrogen-bond donors (Lipinski definition) is 2. The van der Waals surface area contributed by atoms with Gasteiger partial charge in [-0.15, -0.1) is 5.10 Å². The van der Waals surface area contributed by atoms with Crippen LogP contribution in [0.1, 0.15) is 29.0 Å². The van der Waals surface area contributed by atoms with Gasteiger partial charge < -0.3 is 15.4 Å². The van der Waals surface area contributed by atoms with Crippen molar-refractivity contribution in [1.29, 1.82) is 0 Å². The monoisotopic (exact) mass is 443 g/mol. The summed E-state index contributed by atoms with van der Waals surface area (Å²) >= 11 is 0. The van der Waals surface area contributed by atoms with Crippen LogP contribution in [0.15, 0.2) is 42.6 Å². The number of hydrogen-bond acceptors (Lipinski definition) is 6. The number of anilines is 2. The molecule has 1 saturated carbocycles. The zero-order valence-electron chi connectivity index (χ0n) is 18.5. The summed E-state index contributed by atoms with van der Waals surface area (Å²) in [6.45, 7) is 1.84. The number of carbonyl (C=O) groups is 2. The number of amides is 2. The van der Waals surface area contributed by atoms with Crippen molar-refractivity contribution in [2.45, 2.75) is 19.8 Å². The lowest BCUT2D eigenvalue weighted by atomic mass is 9.94. The predicted octanol–water partition coefficient (Wildman–Crippen LogP) is 1.42. The topological polar surface area (TPSA) is 115 Å². The Kier molecular flexibility index (Phi) is 5.08. The molecular weight excluding hydrogens is 421 g/mol. The number of ether oxygens (including phenoxy) is 1. The maximum Gasteiger partial charge on any atom is 0.273 e. The predicted molar refractivity (Wildman–Crippen MR) is 125 cm³/mol. The van der Waals surface area contributed by atoms with Crippen molar-refractivity contribution in [3.63, 3.8) is 0 Å². The Hall–Kier alpha value is -4.15. The van der Waals surface area contributed by atoms with Gasteiger partial charge >= 0.3 is 0 Å². The zero-order chi connectivity index (χ0) is 23.1. The third-order valence-corrected chi connectivity index (χ3v) is 5.41. The lowest BCUT2D eigenvalue weighted by Crippen LogP contribution is -2.21. The zero-order valence-corrected chi connectivity index (χ0v) is 18.5. The van der Waals surface area contributed by atoms with E-state index in [1.165, 1.54) is 0 Å². The Labute approximate surface area is 190 Å². The van der Waals surface area contributed by atoms with E-state index in [-0.39, 0.29) is 17.7 Å². The van der Waals surface area contributed by atoms with Crippen LogP contribution >= 0.6 is 0 Å². The molecule has 1 aromatic carbocycles. The van der Waals surface area contributed by atoms with Crippen LogP contribution in [0.3, 0.4) is 0 Å². The fraction of sp³-hybridized carbons (Fsp3) is 0.227. The molecule has 2 amide bonds. The van der Waals surface area contributed by atoms with E-state index < -0.39 is 0 Å². The molecule has 5 rings (SSSR count). The minimum absolute atomic E-state index is 0.00889. The number of rotatable bonds is 6. The molecule has 1 aliphatic carbocycles. The van der Waals surface area contributed by atoms with Gasteiger partial charge in [-0.2, -0.15) is 5.10 Å². The largest absolute Gasteiger partial charge is 0.438 e. The molecule has 3 aromatic heterocycles. The highest BCUT2D eigenvalue weighted by Gasteiger charge is 2.30. The molecule has 0 saturated heterocycles. The number of fused-ring (bicyclic) bond motifs is 1. The molecular formula is C22H22BN7O3. The summed E-state index contributed by atoms with van der Waals surface area (Å²) < 4.78 is 9.02. The van der Waals surface area contributed by atoms with Crippen LogP contribution in [-0.4, -0.2) is 44.0 Å². The molecule has 0 radical (unpaired) electrons. The SMILES string of the molecule is Bc1ccc(Oc2ccc3nc(NC(=O)C4CC4)cn3n2)cc1NC(=O)c1cc(C)nn1C. The van der Waals surface area contributed by atoms with Crippen LogP contribution in [0, 0.1) is 12.8 Å². The summed E-state index contributed by atoms with van der Waals surface area (Å²) in [5.41, 5.74) is 3.35. The van der Waals surface area contributed by atoms with Crippen molar-refractivity contribution in [3.05, 3.63) is 54.0 Å². The Balaban J connectivity index is 1.32. The summed E-state index contributed by atoms with van der Waals surface area (Å²) in [6, 6.07) is 10.6. The fourth-order valence-corrected chi connectivity index (χ4v) is 3.48. The first-order valence-electron chi connectivity index (χ1n) is 10.6. The third-order valence-electron chi connectivity index (χ3n) is 5.41. The van der Waals surface area contributed by atoms with Crippen LogP contribution in [-0.2, 0) is 11.8 Å². The van der Waals surface area contributed by atoms with Crippen molar-refractivity contribution in [2.24, 2.45) is 13.0 Å². The van der Waals surface area contributed by atoms with Gasteiger partial charge in [-0.1, -0.05) is 11.5 Å². The molecule has 11 heteroatoms. The lowest BCUT2D eigenvalue weighted by molar-refractivity contribution is -0.117. The molecule has 0 aliphatic heterocycles. The highest BCUT2D eigenvalue weighted by molar-refractivity contribution is 6.36. The standard InChI is InChI=1S/C22H22BN7O3/c1-12-9-17(29(2)27-12)22(32)24-16-10-14(5-6-15(16)23)33-20-8-7-19-25-18(11-30(19)28-20)26-21(31)13-3-4-13/h5-11,13H,3-4,23H2,1-2H3,(H,24,32)(H,26,31). The van der Waals surface area contributed by atoms with Gasteiger partial charge in [-0.05, 0) is 38.0 Å². The van der Waals surface area contributed by atoms with Crippen molar-refractivity contribution in [1.82, 2.24) is 24.4 Å².